The zero-order valence-corrected chi connectivity index (χ0v) is 12.3. The van der Waals surface area contributed by atoms with Crippen LogP contribution in [0.15, 0.2) is 0 Å². The molecule has 0 radical (unpaired) electrons. The first-order chi connectivity index (χ1) is 8.13. The molecule has 106 valence electrons. The predicted octanol–water partition coefficient (Wildman–Crippen LogP) is 1.15. The summed E-state index contributed by atoms with van der Waals surface area (Å²) in [5, 5.41) is 6.64. The van der Waals surface area contributed by atoms with E-state index in [2.05, 4.69) is 29.4 Å². The van der Waals surface area contributed by atoms with Crippen LogP contribution in [0.1, 0.15) is 39.5 Å². The van der Waals surface area contributed by atoms with Gasteiger partial charge in [0, 0.05) is 31.2 Å². The number of hydrogen-bond donors (Lipinski definition) is 2. The van der Waals surface area contributed by atoms with E-state index >= 15 is 0 Å². The monoisotopic (exact) mass is 275 g/mol. The molecule has 1 aliphatic heterocycles. The van der Waals surface area contributed by atoms with Gasteiger partial charge in [-0.2, -0.15) is 0 Å². The SMILES string of the molecule is CC1CN(CC(=O)NC2CCCC2)CC(C)N1.Cl. The van der Waals surface area contributed by atoms with Crippen LogP contribution < -0.4 is 10.6 Å². The average Bonchev–Trinajstić information content (AvgIpc) is 2.67. The Morgan fingerprint density at radius 1 is 1.22 bits per heavy atom. The lowest BCUT2D eigenvalue weighted by Crippen LogP contribution is -2.56. The molecule has 2 rings (SSSR count). The Bertz CT molecular complexity index is 259. The summed E-state index contributed by atoms with van der Waals surface area (Å²) >= 11 is 0. The molecule has 1 amide bonds. The van der Waals surface area contributed by atoms with E-state index in [-0.39, 0.29) is 18.3 Å². The summed E-state index contributed by atoms with van der Waals surface area (Å²) in [5.74, 6) is 0.207. The van der Waals surface area contributed by atoms with E-state index in [0.717, 1.165) is 13.1 Å². The number of halogens is 1. The van der Waals surface area contributed by atoms with Crippen molar-refractivity contribution < 1.29 is 4.79 Å². The van der Waals surface area contributed by atoms with Crippen molar-refractivity contribution in [3.63, 3.8) is 0 Å². The molecule has 0 aromatic carbocycles. The number of piperazine rings is 1. The smallest absolute Gasteiger partial charge is 0.234 e. The zero-order valence-electron chi connectivity index (χ0n) is 11.4. The summed E-state index contributed by atoms with van der Waals surface area (Å²) in [4.78, 5) is 14.2. The van der Waals surface area contributed by atoms with Gasteiger partial charge in [0.2, 0.25) is 5.91 Å². The van der Waals surface area contributed by atoms with Crippen molar-refractivity contribution in [1.82, 2.24) is 15.5 Å². The normalized spacial score (nSPS) is 29.9. The van der Waals surface area contributed by atoms with E-state index in [1.54, 1.807) is 0 Å². The number of carbonyl (C=O) groups is 1. The van der Waals surface area contributed by atoms with Crippen LogP contribution in [0, 0.1) is 0 Å². The molecule has 18 heavy (non-hydrogen) atoms. The van der Waals surface area contributed by atoms with E-state index < -0.39 is 0 Å². The maximum absolute atomic E-state index is 11.9. The third-order valence-corrected chi connectivity index (χ3v) is 3.72. The fourth-order valence-electron chi connectivity index (χ4n) is 3.12. The van der Waals surface area contributed by atoms with Crippen molar-refractivity contribution in [2.24, 2.45) is 0 Å². The number of nitrogens with zero attached hydrogens (tertiary/aromatic N) is 1. The first-order valence-electron chi connectivity index (χ1n) is 6.91. The Morgan fingerprint density at radius 2 is 1.78 bits per heavy atom. The molecule has 1 aliphatic carbocycles. The minimum atomic E-state index is 0. The van der Waals surface area contributed by atoms with Crippen molar-refractivity contribution >= 4 is 18.3 Å². The van der Waals surface area contributed by atoms with E-state index in [4.69, 9.17) is 0 Å². The molecule has 2 fully saturated rings. The van der Waals surface area contributed by atoms with Crippen molar-refractivity contribution in [2.45, 2.75) is 57.7 Å². The van der Waals surface area contributed by atoms with Crippen LogP contribution >= 0.6 is 12.4 Å². The molecule has 2 N–H and O–H groups in total. The summed E-state index contributed by atoms with van der Waals surface area (Å²) < 4.78 is 0. The molecule has 0 bridgehead atoms. The molecule has 1 saturated carbocycles. The van der Waals surface area contributed by atoms with Crippen LogP contribution in [0.25, 0.3) is 0 Å². The highest BCUT2D eigenvalue weighted by atomic mass is 35.5. The summed E-state index contributed by atoms with van der Waals surface area (Å²) in [5.41, 5.74) is 0. The quantitative estimate of drug-likeness (QED) is 0.812. The average molecular weight is 276 g/mol. The standard InChI is InChI=1S/C13H25N3O.ClH/c1-10-7-16(8-11(2)14-10)9-13(17)15-12-5-3-4-6-12;/h10-12,14H,3-9H2,1-2H3,(H,15,17);1H. The molecule has 4 nitrogen and oxygen atoms in total. The van der Waals surface area contributed by atoms with E-state index in [1.165, 1.54) is 25.7 Å². The van der Waals surface area contributed by atoms with Gasteiger partial charge < -0.3 is 10.6 Å². The van der Waals surface area contributed by atoms with Crippen LogP contribution in [0.5, 0.6) is 0 Å². The van der Waals surface area contributed by atoms with Gasteiger partial charge in [-0.25, -0.2) is 0 Å². The Hall–Kier alpha value is -0.320. The highest BCUT2D eigenvalue weighted by Crippen LogP contribution is 2.17. The van der Waals surface area contributed by atoms with Crippen molar-refractivity contribution in [2.75, 3.05) is 19.6 Å². The van der Waals surface area contributed by atoms with Gasteiger partial charge in [-0.1, -0.05) is 12.8 Å². The Labute approximate surface area is 116 Å². The topological polar surface area (TPSA) is 44.4 Å². The Kier molecular flexibility index (Phi) is 6.39. The largest absolute Gasteiger partial charge is 0.352 e. The lowest BCUT2D eigenvalue weighted by Gasteiger charge is -2.35. The molecule has 0 spiro atoms. The highest BCUT2D eigenvalue weighted by Gasteiger charge is 2.24. The molecular formula is C13H26ClN3O. The van der Waals surface area contributed by atoms with Crippen LogP contribution in [0.2, 0.25) is 0 Å². The second kappa shape index (κ2) is 7.31. The lowest BCUT2D eigenvalue weighted by atomic mass is 10.1. The van der Waals surface area contributed by atoms with Crippen molar-refractivity contribution in [3.05, 3.63) is 0 Å². The predicted molar refractivity (Wildman–Crippen MR) is 76.1 cm³/mol. The van der Waals surface area contributed by atoms with Crippen LogP contribution in [0.4, 0.5) is 0 Å². The number of nitrogens with one attached hydrogen (secondary N) is 2. The van der Waals surface area contributed by atoms with E-state index in [0.29, 0.717) is 24.7 Å². The molecule has 5 heteroatoms. The maximum Gasteiger partial charge on any atom is 0.234 e. The van der Waals surface area contributed by atoms with E-state index in [9.17, 15) is 4.79 Å². The number of amides is 1. The molecule has 1 saturated heterocycles. The third kappa shape index (κ3) is 4.75. The second-order valence-electron chi connectivity index (χ2n) is 5.71. The Balaban J connectivity index is 0.00000162. The zero-order chi connectivity index (χ0) is 12.3. The molecular weight excluding hydrogens is 250 g/mol. The second-order valence-corrected chi connectivity index (χ2v) is 5.71. The highest BCUT2D eigenvalue weighted by molar-refractivity contribution is 5.85. The maximum atomic E-state index is 11.9. The molecule has 2 atom stereocenters. The van der Waals surface area contributed by atoms with Crippen LogP contribution in [0.3, 0.4) is 0 Å². The fraction of sp³-hybridized carbons (Fsp3) is 0.923. The van der Waals surface area contributed by atoms with Gasteiger partial charge in [0.1, 0.15) is 0 Å². The first-order valence-corrected chi connectivity index (χ1v) is 6.91. The van der Waals surface area contributed by atoms with Crippen LogP contribution in [-0.2, 0) is 4.79 Å². The Morgan fingerprint density at radius 3 is 2.33 bits per heavy atom. The molecule has 1 heterocycles. The number of carbonyl (C=O) groups excluding carboxylic acids is 1. The van der Waals surface area contributed by atoms with Gasteiger partial charge in [0.15, 0.2) is 0 Å². The van der Waals surface area contributed by atoms with Gasteiger partial charge in [0.05, 0.1) is 6.54 Å². The van der Waals surface area contributed by atoms with Gasteiger partial charge >= 0.3 is 0 Å². The van der Waals surface area contributed by atoms with Gasteiger partial charge in [-0.15, -0.1) is 12.4 Å². The fourth-order valence-corrected chi connectivity index (χ4v) is 3.12. The lowest BCUT2D eigenvalue weighted by molar-refractivity contribution is -0.123. The molecule has 0 aromatic heterocycles. The van der Waals surface area contributed by atoms with Gasteiger partial charge in [0.25, 0.3) is 0 Å². The third-order valence-electron chi connectivity index (χ3n) is 3.72. The molecule has 2 aliphatic rings. The summed E-state index contributed by atoms with van der Waals surface area (Å²) in [6.07, 6.45) is 4.87. The number of rotatable bonds is 3. The van der Waals surface area contributed by atoms with Gasteiger partial charge in [-0.05, 0) is 26.7 Å². The van der Waals surface area contributed by atoms with Gasteiger partial charge in [-0.3, -0.25) is 9.69 Å². The van der Waals surface area contributed by atoms with Crippen LogP contribution in [-0.4, -0.2) is 48.6 Å². The molecule has 2 unspecified atom stereocenters. The van der Waals surface area contributed by atoms with Crippen molar-refractivity contribution in [3.8, 4) is 0 Å². The molecule has 0 aromatic rings. The minimum Gasteiger partial charge on any atom is -0.352 e. The first kappa shape index (κ1) is 15.7. The summed E-state index contributed by atoms with van der Waals surface area (Å²) in [7, 11) is 0. The minimum absolute atomic E-state index is 0. The van der Waals surface area contributed by atoms with Crippen molar-refractivity contribution in [1.29, 1.82) is 0 Å². The number of hydrogen-bond acceptors (Lipinski definition) is 3. The summed E-state index contributed by atoms with van der Waals surface area (Å²) in [6.45, 7) is 6.87. The van der Waals surface area contributed by atoms with E-state index in [1.807, 2.05) is 0 Å². The summed E-state index contributed by atoms with van der Waals surface area (Å²) in [6, 6.07) is 1.41.